The van der Waals surface area contributed by atoms with Gasteiger partial charge in [0.1, 0.15) is 6.07 Å². The summed E-state index contributed by atoms with van der Waals surface area (Å²) in [5, 5.41) is 9.27. The molecule has 0 heterocycles. The van der Waals surface area contributed by atoms with Crippen molar-refractivity contribution in [1.82, 2.24) is 0 Å². The standard InChI is InChI=1S/C15H21NS2/c1-14(2,3)17-12-9-7-8-11(10-16)13(12)18-15(4,5)6/h7-9H,1-6H3. The summed E-state index contributed by atoms with van der Waals surface area (Å²) in [7, 11) is 0. The highest BCUT2D eigenvalue weighted by Crippen LogP contribution is 2.43. The monoisotopic (exact) mass is 279 g/mol. The molecule has 98 valence electrons. The summed E-state index contributed by atoms with van der Waals surface area (Å²) >= 11 is 3.60. The Morgan fingerprint density at radius 2 is 1.50 bits per heavy atom. The van der Waals surface area contributed by atoms with Crippen molar-refractivity contribution in [2.45, 2.75) is 60.8 Å². The van der Waals surface area contributed by atoms with E-state index in [4.69, 9.17) is 0 Å². The van der Waals surface area contributed by atoms with Crippen LogP contribution in [0, 0.1) is 11.3 Å². The minimum atomic E-state index is 0.111. The van der Waals surface area contributed by atoms with Gasteiger partial charge in [-0.05, 0) is 12.1 Å². The molecule has 0 saturated heterocycles. The van der Waals surface area contributed by atoms with Crippen LogP contribution in [0.1, 0.15) is 47.1 Å². The summed E-state index contributed by atoms with van der Waals surface area (Å²) in [4.78, 5) is 2.33. The lowest BCUT2D eigenvalue weighted by Gasteiger charge is -2.24. The van der Waals surface area contributed by atoms with Gasteiger partial charge in [0.05, 0.1) is 5.56 Å². The molecule has 0 aromatic heterocycles. The van der Waals surface area contributed by atoms with E-state index in [1.807, 2.05) is 23.9 Å². The summed E-state index contributed by atoms with van der Waals surface area (Å²) in [6, 6.07) is 8.30. The van der Waals surface area contributed by atoms with E-state index in [1.165, 1.54) is 4.90 Å². The number of hydrogen-bond donors (Lipinski definition) is 0. The van der Waals surface area contributed by atoms with Crippen LogP contribution in [0.4, 0.5) is 0 Å². The molecule has 0 amide bonds. The van der Waals surface area contributed by atoms with Gasteiger partial charge in [-0.3, -0.25) is 0 Å². The van der Waals surface area contributed by atoms with Crippen molar-refractivity contribution in [3.8, 4) is 6.07 Å². The normalized spacial score (nSPS) is 12.3. The molecule has 1 rings (SSSR count). The molecule has 0 atom stereocenters. The van der Waals surface area contributed by atoms with E-state index in [0.29, 0.717) is 0 Å². The second-order valence-corrected chi connectivity index (χ2v) is 9.88. The van der Waals surface area contributed by atoms with Crippen molar-refractivity contribution in [3.05, 3.63) is 23.8 Å². The van der Waals surface area contributed by atoms with Crippen LogP contribution in [0.5, 0.6) is 0 Å². The quantitative estimate of drug-likeness (QED) is 0.683. The number of benzene rings is 1. The van der Waals surface area contributed by atoms with E-state index >= 15 is 0 Å². The zero-order chi connectivity index (χ0) is 14.0. The Hall–Kier alpha value is -0.590. The Bertz CT molecular complexity index is 459. The molecule has 0 unspecified atom stereocenters. The molecule has 0 fully saturated rings. The molecule has 0 aliphatic rings. The lowest BCUT2D eigenvalue weighted by Crippen LogP contribution is -2.10. The van der Waals surface area contributed by atoms with Gasteiger partial charge in [0.25, 0.3) is 0 Å². The molecule has 1 aromatic carbocycles. The average molecular weight is 279 g/mol. The summed E-state index contributed by atoms with van der Waals surface area (Å²) < 4.78 is 0.265. The second kappa shape index (κ2) is 5.59. The first-order valence-electron chi connectivity index (χ1n) is 6.03. The fourth-order valence-electron chi connectivity index (χ4n) is 1.43. The van der Waals surface area contributed by atoms with E-state index in [-0.39, 0.29) is 9.49 Å². The van der Waals surface area contributed by atoms with Crippen LogP contribution in [-0.4, -0.2) is 9.49 Å². The van der Waals surface area contributed by atoms with Gasteiger partial charge in [0.15, 0.2) is 0 Å². The van der Waals surface area contributed by atoms with Gasteiger partial charge in [-0.1, -0.05) is 47.6 Å². The van der Waals surface area contributed by atoms with E-state index in [9.17, 15) is 5.26 Å². The fourth-order valence-corrected chi connectivity index (χ4v) is 3.69. The predicted octanol–water partition coefficient (Wildman–Crippen LogP) is 5.34. The third kappa shape index (κ3) is 4.96. The van der Waals surface area contributed by atoms with Crippen LogP contribution >= 0.6 is 23.5 Å². The molecule has 0 N–H and O–H groups in total. The summed E-state index contributed by atoms with van der Waals surface area (Å²) in [5.41, 5.74) is 0.782. The molecule has 18 heavy (non-hydrogen) atoms. The smallest absolute Gasteiger partial charge is 0.100 e. The predicted molar refractivity (Wildman–Crippen MR) is 82.4 cm³/mol. The maximum atomic E-state index is 9.27. The van der Waals surface area contributed by atoms with Gasteiger partial charge in [-0.15, -0.1) is 23.5 Å². The summed E-state index contributed by atoms with van der Waals surface area (Å²) in [5.74, 6) is 0. The SMILES string of the molecule is CC(C)(C)Sc1cccc(C#N)c1SC(C)(C)C. The Labute approximate surface area is 119 Å². The first kappa shape index (κ1) is 15.5. The number of rotatable bonds is 2. The fraction of sp³-hybridized carbons (Fsp3) is 0.533. The first-order valence-corrected chi connectivity index (χ1v) is 7.67. The first-order chi connectivity index (χ1) is 8.12. The molecule has 3 heteroatoms. The lowest BCUT2D eigenvalue weighted by atomic mass is 10.2. The molecule has 0 bridgehead atoms. The van der Waals surface area contributed by atoms with Crippen LogP contribution in [0.15, 0.2) is 28.0 Å². The van der Waals surface area contributed by atoms with Crippen molar-refractivity contribution in [2.24, 2.45) is 0 Å². The Morgan fingerprint density at radius 1 is 0.944 bits per heavy atom. The molecule has 0 aliphatic heterocycles. The van der Waals surface area contributed by atoms with Gasteiger partial charge in [-0.25, -0.2) is 0 Å². The number of thioether (sulfide) groups is 2. The van der Waals surface area contributed by atoms with Crippen LogP contribution in [0.2, 0.25) is 0 Å². The highest BCUT2D eigenvalue weighted by molar-refractivity contribution is 8.03. The van der Waals surface area contributed by atoms with E-state index < -0.39 is 0 Å². The van der Waals surface area contributed by atoms with E-state index in [2.05, 4.69) is 53.7 Å². The van der Waals surface area contributed by atoms with Gasteiger partial charge in [-0.2, -0.15) is 5.26 Å². The van der Waals surface area contributed by atoms with Gasteiger partial charge in [0, 0.05) is 19.3 Å². The average Bonchev–Trinajstić information content (AvgIpc) is 2.16. The van der Waals surface area contributed by atoms with Gasteiger partial charge in [0.2, 0.25) is 0 Å². The minimum Gasteiger partial charge on any atom is -0.192 e. The molecule has 1 aromatic rings. The topological polar surface area (TPSA) is 23.8 Å². The highest BCUT2D eigenvalue weighted by atomic mass is 32.2. The molecule has 0 spiro atoms. The van der Waals surface area contributed by atoms with Gasteiger partial charge < -0.3 is 0 Å². The molecule has 0 saturated carbocycles. The number of nitriles is 1. The molecule has 0 aliphatic carbocycles. The lowest BCUT2D eigenvalue weighted by molar-refractivity contribution is 0.794. The highest BCUT2D eigenvalue weighted by Gasteiger charge is 2.21. The Balaban J connectivity index is 3.22. The molecular weight excluding hydrogens is 258 g/mol. The summed E-state index contributed by atoms with van der Waals surface area (Å²) in [6.45, 7) is 13.1. The maximum Gasteiger partial charge on any atom is 0.100 e. The molecule has 1 nitrogen and oxygen atoms in total. The van der Waals surface area contributed by atoms with E-state index in [0.717, 1.165) is 10.5 Å². The number of hydrogen-bond acceptors (Lipinski definition) is 3. The van der Waals surface area contributed by atoms with Crippen molar-refractivity contribution >= 4 is 23.5 Å². The van der Waals surface area contributed by atoms with Crippen molar-refractivity contribution < 1.29 is 0 Å². The Kier molecular flexibility index (Phi) is 4.80. The van der Waals surface area contributed by atoms with Gasteiger partial charge >= 0.3 is 0 Å². The molecular formula is C15H21NS2. The zero-order valence-electron chi connectivity index (χ0n) is 12.0. The largest absolute Gasteiger partial charge is 0.192 e. The summed E-state index contributed by atoms with van der Waals surface area (Å²) in [6.07, 6.45) is 0. The molecule has 0 radical (unpaired) electrons. The Morgan fingerprint density at radius 3 is 1.94 bits per heavy atom. The van der Waals surface area contributed by atoms with Crippen molar-refractivity contribution in [3.63, 3.8) is 0 Å². The van der Waals surface area contributed by atoms with Crippen LogP contribution in [-0.2, 0) is 0 Å². The zero-order valence-corrected chi connectivity index (χ0v) is 13.6. The number of nitrogens with zero attached hydrogens (tertiary/aromatic N) is 1. The van der Waals surface area contributed by atoms with Crippen LogP contribution < -0.4 is 0 Å². The van der Waals surface area contributed by atoms with E-state index in [1.54, 1.807) is 11.8 Å². The third-order valence-electron chi connectivity index (χ3n) is 1.92. The van der Waals surface area contributed by atoms with Crippen LogP contribution in [0.3, 0.4) is 0 Å². The van der Waals surface area contributed by atoms with Crippen molar-refractivity contribution in [2.75, 3.05) is 0 Å². The van der Waals surface area contributed by atoms with Crippen molar-refractivity contribution in [1.29, 1.82) is 5.26 Å². The third-order valence-corrected chi connectivity index (χ3v) is 4.48. The minimum absolute atomic E-state index is 0.111. The van der Waals surface area contributed by atoms with Crippen LogP contribution in [0.25, 0.3) is 0 Å². The second-order valence-electron chi connectivity index (χ2n) is 6.17. The maximum absolute atomic E-state index is 9.27.